The summed E-state index contributed by atoms with van der Waals surface area (Å²) < 4.78 is 5.39. The fraction of sp³-hybridized carbons (Fsp3) is 0.538. The lowest BCUT2D eigenvalue weighted by molar-refractivity contribution is -0.384. The third-order valence-electron chi connectivity index (χ3n) is 4.03. The van der Waals surface area contributed by atoms with Gasteiger partial charge in [0.25, 0.3) is 5.69 Å². The molecule has 0 aromatic heterocycles. The SMILES string of the molecule is O=[N+]([O-])c1ccc(N2CC3(CCOCC3)C2)cc1. The summed E-state index contributed by atoms with van der Waals surface area (Å²) in [5.41, 5.74) is 1.66. The Balaban J connectivity index is 1.65. The standard InChI is InChI=1S/C13H16N2O3/c16-15(17)12-3-1-11(2-4-12)14-9-13(10-14)5-7-18-8-6-13/h1-4H,5-10H2. The van der Waals surface area contributed by atoms with Gasteiger partial charge in [-0.05, 0) is 25.0 Å². The molecule has 2 aliphatic rings. The van der Waals surface area contributed by atoms with Gasteiger partial charge in [-0.1, -0.05) is 0 Å². The van der Waals surface area contributed by atoms with Crippen LogP contribution in [0.1, 0.15) is 12.8 Å². The second-order valence-electron chi connectivity index (χ2n) is 5.24. The predicted molar refractivity (Wildman–Crippen MR) is 67.8 cm³/mol. The molecule has 2 aliphatic heterocycles. The molecule has 0 atom stereocenters. The molecule has 96 valence electrons. The van der Waals surface area contributed by atoms with Crippen LogP contribution in [0.5, 0.6) is 0 Å². The Bertz CT molecular complexity index is 444. The second-order valence-corrected chi connectivity index (χ2v) is 5.24. The van der Waals surface area contributed by atoms with Crippen LogP contribution in [0.3, 0.4) is 0 Å². The van der Waals surface area contributed by atoms with E-state index in [0.29, 0.717) is 5.41 Å². The van der Waals surface area contributed by atoms with Gasteiger partial charge in [-0.25, -0.2) is 0 Å². The molecule has 18 heavy (non-hydrogen) atoms. The number of hydrogen-bond acceptors (Lipinski definition) is 4. The van der Waals surface area contributed by atoms with Gasteiger partial charge in [0.15, 0.2) is 0 Å². The van der Waals surface area contributed by atoms with Gasteiger partial charge < -0.3 is 9.64 Å². The number of nitro groups is 1. The van der Waals surface area contributed by atoms with Gasteiger partial charge in [0, 0.05) is 49.5 Å². The van der Waals surface area contributed by atoms with Crippen molar-refractivity contribution >= 4 is 11.4 Å². The third-order valence-corrected chi connectivity index (χ3v) is 4.03. The molecule has 3 rings (SSSR count). The van der Waals surface area contributed by atoms with E-state index in [1.54, 1.807) is 12.1 Å². The molecule has 2 fully saturated rings. The summed E-state index contributed by atoms with van der Waals surface area (Å²) in [6.45, 7) is 3.84. The van der Waals surface area contributed by atoms with E-state index in [4.69, 9.17) is 4.74 Å². The fourth-order valence-corrected chi connectivity index (χ4v) is 2.85. The van der Waals surface area contributed by atoms with Gasteiger partial charge in [0.05, 0.1) is 4.92 Å². The van der Waals surface area contributed by atoms with Gasteiger partial charge >= 0.3 is 0 Å². The molecule has 1 spiro atoms. The van der Waals surface area contributed by atoms with Gasteiger partial charge in [-0.2, -0.15) is 0 Å². The van der Waals surface area contributed by atoms with Crippen LogP contribution >= 0.6 is 0 Å². The highest BCUT2D eigenvalue weighted by Gasteiger charge is 2.43. The molecule has 2 heterocycles. The number of hydrogen-bond donors (Lipinski definition) is 0. The highest BCUT2D eigenvalue weighted by molar-refractivity contribution is 5.53. The van der Waals surface area contributed by atoms with Gasteiger partial charge in [0.1, 0.15) is 0 Å². The molecule has 0 aliphatic carbocycles. The average molecular weight is 248 g/mol. The Kier molecular flexibility index (Phi) is 2.70. The van der Waals surface area contributed by atoms with Crippen molar-refractivity contribution in [2.75, 3.05) is 31.2 Å². The summed E-state index contributed by atoms with van der Waals surface area (Å²) in [7, 11) is 0. The van der Waals surface area contributed by atoms with E-state index < -0.39 is 0 Å². The molecule has 1 aromatic rings. The van der Waals surface area contributed by atoms with Crippen LogP contribution in [0.15, 0.2) is 24.3 Å². The predicted octanol–water partition coefficient (Wildman–Crippen LogP) is 2.21. The lowest BCUT2D eigenvalue weighted by atomic mass is 9.73. The summed E-state index contributed by atoms with van der Waals surface area (Å²) in [6, 6.07) is 6.82. The number of non-ortho nitro benzene ring substituents is 1. The first-order chi connectivity index (χ1) is 8.69. The summed E-state index contributed by atoms with van der Waals surface area (Å²) in [4.78, 5) is 12.5. The number of anilines is 1. The van der Waals surface area contributed by atoms with Crippen molar-refractivity contribution in [3.05, 3.63) is 34.4 Å². The fourth-order valence-electron chi connectivity index (χ4n) is 2.85. The van der Waals surface area contributed by atoms with E-state index in [1.807, 2.05) is 12.1 Å². The lowest BCUT2D eigenvalue weighted by Crippen LogP contribution is -2.58. The highest BCUT2D eigenvalue weighted by atomic mass is 16.6. The molecule has 0 saturated carbocycles. The van der Waals surface area contributed by atoms with Crippen molar-refractivity contribution < 1.29 is 9.66 Å². The van der Waals surface area contributed by atoms with Gasteiger partial charge in [-0.3, -0.25) is 10.1 Å². The molecular formula is C13H16N2O3. The first kappa shape index (κ1) is 11.5. The highest BCUT2D eigenvalue weighted by Crippen LogP contribution is 2.42. The van der Waals surface area contributed by atoms with Crippen LogP contribution in [-0.4, -0.2) is 31.2 Å². The van der Waals surface area contributed by atoms with Crippen LogP contribution in [-0.2, 0) is 4.74 Å². The Morgan fingerprint density at radius 1 is 1.17 bits per heavy atom. The van der Waals surface area contributed by atoms with E-state index in [0.717, 1.165) is 44.8 Å². The lowest BCUT2D eigenvalue weighted by Gasteiger charge is -2.53. The quantitative estimate of drug-likeness (QED) is 0.594. The molecule has 2 saturated heterocycles. The maximum absolute atomic E-state index is 10.6. The molecule has 0 radical (unpaired) electrons. The zero-order valence-electron chi connectivity index (χ0n) is 10.2. The van der Waals surface area contributed by atoms with Crippen LogP contribution in [0.2, 0.25) is 0 Å². The zero-order valence-corrected chi connectivity index (χ0v) is 10.2. The second kappa shape index (κ2) is 4.24. The first-order valence-corrected chi connectivity index (χ1v) is 6.26. The van der Waals surface area contributed by atoms with Gasteiger partial charge in [-0.15, -0.1) is 0 Å². The van der Waals surface area contributed by atoms with Crippen molar-refractivity contribution in [1.29, 1.82) is 0 Å². The number of nitrogens with zero attached hydrogens (tertiary/aromatic N) is 2. The molecule has 0 N–H and O–H groups in total. The van der Waals surface area contributed by atoms with Crippen molar-refractivity contribution in [1.82, 2.24) is 0 Å². The minimum absolute atomic E-state index is 0.153. The summed E-state index contributed by atoms with van der Waals surface area (Å²) in [5.74, 6) is 0. The summed E-state index contributed by atoms with van der Waals surface area (Å²) >= 11 is 0. The first-order valence-electron chi connectivity index (χ1n) is 6.26. The zero-order chi connectivity index (χ0) is 12.6. The maximum Gasteiger partial charge on any atom is 0.269 e. The largest absolute Gasteiger partial charge is 0.381 e. The topological polar surface area (TPSA) is 55.6 Å². The maximum atomic E-state index is 10.6. The smallest absolute Gasteiger partial charge is 0.269 e. The monoisotopic (exact) mass is 248 g/mol. The molecule has 5 nitrogen and oxygen atoms in total. The molecule has 1 aromatic carbocycles. The Labute approximate surface area is 106 Å². The number of ether oxygens (including phenoxy) is 1. The van der Waals surface area contributed by atoms with Crippen LogP contribution in [0.4, 0.5) is 11.4 Å². The van der Waals surface area contributed by atoms with Gasteiger partial charge in [0.2, 0.25) is 0 Å². The van der Waals surface area contributed by atoms with E-state index >= 15 is 0 Å². The normalized spacial score (nSPS) is 21.7. The summed E-state index contributed by atoms with van der Waals surface area (Å²) in [5, 5.41) is 10.6. The Morgan fingerprint density at radius 3 is 2.33 bits per heavy atom. The van der Waals surface area contributed by atoms with Crippen molar-refractivity contribution in [3.63, 3.8) is 0 Å². The number of benzene rings is 1. The van der Waals surface area contributed by atoms with E-state index in [-0.39, 0.29) is 10.6 Å². The van der Waals surface area contributed by atoms with E-state index in [1.165, 1.54) is 0 Å². The Morgan fingerprint density at radius 2 is 1.78 bits per heavy atom. The van der Waals surface area contributed by atoms with Crippen molar-refractivity contribution in [2.45, 2.75) is 12.8 Å². The molecule has 5 heteroatoms. The van der Waals surface area contributed by atoms with E-state index in [9.17, 15) is 10.1 Å². The number of rotatable bonds is 2. The molecule has 0 unspecified atom stereocenters. The van der Waals surface area contributed by atoms with Crippen molar-refractivity contribution in [2.24, 2.45) is 5.41 Å². The molecule has 0 bridgehead atoms. The minimum atomic E-state index is -0.361. The number of nitro benzene ring substituents is 1. The Hall–Kier alpha value is -1.62. The van der Waals surface area contributed by atoms with Crippen LogP contribution in [0.25, 0.3) is 0 Å². The van der Waals surface area contributed by atoms with E-state index in [2.05, 4.69) is 4.90 Å². The van der Waals surface area contributed by atoms with Crippen LogP contribution in [0, 0.1) is 15.5 Å². The average Bonchev–Trinajstić information content (AvgIpc) is 2.37. The minimum Gasteiger partial charge on any atom is -0.381 e. The third kappa shape index (κ3) is 1.95. The van der Waals surface area contributed by atoms with Crippen LogP contribution < -0.4 is 4.90 Å². The molecule has 0 amide bonds. The molecular weight excluding hydrogens is 232 g/mol. The summed E-state index contributed by atoms with van der Waals surface area (Å²) in [6.07, 6.45) is 2.27. The van der Waals surface area contributed by atoms with Crippen molar-refractivity contribution in [3.8, 4) is 0 Å².